The standard InChI is InChI=1S/C47H36Cl2N14O22S6/c1-63(47-56-43(49)55-46(58-47)51-29-14-10-22-24(40(29)88-85-82-68)18-33(87-84-81-67)36(38(22)64)61-59-27-12-8-20(78-2)16-32(27)86-83-80-66)31-7-5-4-6-26(31)50-44-53-42(48)54-45(57-44)52-30-15-11-23-25(41(30)91(75,76)77)19-35(90(72,73)74)37(39(23)65)62-60-28-13-9-21(79-3)17-34(28)89(69,70)71/h4-19,64-68H,1-3H3,(H,69,70,71)(H,72,73,74)(H,75,76,77)(H,51,55,56,58)(H2,50,52,53,54,57). The van der Waals surface area contributed by atoms with Crippen LogP contribution in [0, 0.1) is 0 Å². The number of azo groups is 2. The zero-order valence-corrected chi connectivity index (χ0v) is 51.6. The normalized spacial score (nSPS) is 12.1. The molecule has 0 radical (unpaired) electrons. The van der Waals surface area contributed by atoms with Gasteiger partial charge in [-0.2, -0.15) is 55.2 Å². The summed E-state index contributed by atoms with van der Waals surface area (Å²) in [7, 11) is -11.8. The van der Waals surface area contributed by atoms with Crippen LogP contribution in [0.4, 0.5) is 69.3 Å². The monoisotopic (exact) mass is 1410 g/mol. The quantitative estimate of drug-likeness (QED) is 0.00788. The summed E-state index contributed by atoms with van der Waals surface area (Å²) in [6, 6.07) is 20.8. The molecule has 91 heavy (non-hydrogen) atoms. The topological polar surface area (TPSA) is 504 Å². The lowest BCUT2D eigenvalue weighted by Crippen LogP contribution is -2.16. The average molecular weight is 1410 g/mol. The summed E-state index contributed by atoms with van der Waals surface area (Å²) in [5.41, 5.74) is -1.60. The molecule has 0 bridgehead atoms. The molecule has 0 aliphatic heterocycles. The maximum absolute atomic E-state index is 13.2. The van der Waals surface area contributed by atoms with Gasteiger partial charge in [-0.05, 0) is 102 Å². The van der Waals surface area contributed by atoms with E-state index in [4.69, 9.17) is 51.9 Å². The number of methoxy groups -OCH3 is 2. The molecule has 36 nitrogen and oxygen atoms in total. The van der Waals surface area contributed by atoms with E-state index in [1.807, 2.05) is 0 Å². The number of phenols is 2. The minimum Gasteiger partial charge on any atom is -0.505 e. The molecular formula is C47H36Cl2N14O22S6. The zero-order chi connectivity index (χ0) is 65.5. The number of aromatic hydroxyl groups is 2. The Morgan fingerprint density at radius 3 is 1.67 bits per heavy atom. The van der Waals surface area contributed by atoms with E-state index in [2.05, 4.69) is 85.8 Å². The lowest BCUT2D eigenvalue weighted by molar-refractivity contribution is -0.432. The summed E-state index contributed by atoms with van der Waals surface area (Å²) in [5.74, 6) is -2.41. The molecule has 0 saturated carbocycles. The second-order valence-corrected chi connectivity index (χ2v) is 24.3. The van der Waals surface area contributed by atoms with Gasteiger partial charge in [0.1, 0.15) is 48.9 Å². The molecule has 0 amide bonds. The minimum absolute atomic E-state index is 0.0263. The second kappa shape index (κ2) is 28.5. The molecule has 7 aromatic carbocycles. The Hall–Kier alpha value is -8.32. The number of rotatable bonds is 26. The second-order valence-electron chi connectivity index (χ2n) is 17.3. The van der Waals surface area contributed by atoms with Crippen LogP contribution in [0.15, 0.2) is 147 Å². The summed E-state index contributed by atoms with van der Waals surface area (Å²) < 4.78 is 131. The Balaban J connectivity index is 1.02. The highest BCUT2D eigenvalue weighted by atomic mass is 35.5. The zero-order valence-electron chi connectivity index (χ0n) is 45.2. The van der Waals surface area contributed by atoms with Gasteiger partial charge in [-0.3, -0.25) is 13.7 Å². The Kier molecular flexibility index (Phi) is 21.0. The molecule has 2 heterocycles. The number of aromatic nitrogens is 6. The molecule has 0 aliphatic carbocycles. The first-order chi connectivity index (χ1) is 43.3. The van der Waals surface area contributed by atoms with Crippen molar-refractivity contribution in [2.45, 2.75) is 29.4 Å². The molecule has 0 unspecified atom stereocenters. The Labute approximate surface area is 532 Å². The molecule has 9 aromatic rings. The molecule has 0 aliphatic rings. The van der Waals surface area contributed by atoms with E-state index in [9.17, 15) is 54.4 Å². The van der Waals surface area contributed by atoms with E-state index in [0.29, 0.717) is 53.6 Å². The molecule has 0 saturated heterocycles. The first-order valence-corrected chi connectivity index (χ1v) is 31.3. The smallest absolute Gasteiger partial charge is 0.297 e. The van der Waals surface area contributed by atoms with Gasteiger partial charge in [0.05, 0.1) is 87.8 Å². The van der Waals surface area contributed by atoms with E-state index < -0.39 is 95.6 Å². The van der Waals surface area contributed by atoms with Gasteiger partial charge in [-0.1, -0.05) is 27.2 Å². The van der Waals surface area contributed by atoms with E-state index in [1.54, 1.807) is 30.3 Å². The third kappa shape index (κ3) is 15.5. The molecule has 0 fully saturated rings. The average Bonchev–Trinajstić information content (AvgIpc) is 0.753. The number of anilines is 8. The Bertz CT molecular complexity index is 4730. The third-order valence-electron chi connectivity index (χ3n) is 12.0. The van der Waals surface area contributed by atoms with Crippen molar-refractivity contribution in [3.63, 3.8) is 0 Å². The predicted octanol–water partition coefficient (Wildman–Crippen LogP) is 12.0. The fourth-order valence-corrected chi connectivity index (χ4v) is 12.2. The van der Waals surface area contributed by atoms with Crippen molar-refractivity contribution in [3.8, 4) is 23.0 Å². The van der Waals surface area contributed by atoms with Crippen molar-refractivity contribution in [1.82, 2.24) is 29.9 Å². The highest BCUT2D eigenvalue weighted by molar-refractivity contribution is 7.95. The van der Waals surface area contributed by atoms with Gasteiger partial charge in [0.25, 0.3) is 30.4 Å². The van der Waals surface area contributed by atoms with Gasteiger partial charge in [-0.15, -0.1) is 33.5 Å². The van der Waals surface area contributed by atoms with Crippen LogP contribution in [0.2, 0.25) is 10.6 Å². The summed E-state index contributed by atoms with van der Waals surface area (Å²) >= 11 is 14.2. The Morgan fingerprint density at radius 2 is 1.03 bits per heavy atom. The first kappa shape index (κ1) is 67.1. The van der Waals surface area contributed by atoms with Crippen LogP contribution in [0.3, 0.4) is 0 Å². The predicted molar refractivity (Wildman–Crippen MR) is 321 cm³/mol. The van der Waals surface area contributed by atoms with E-state index in [1.165, 1.54) is 62.6 Å². The van der Waals surface area contributed by atoms with Gasteiger partial charge in [-0.25, -0.2) is 15.8 Å². The SMILES string of the molecule is COc1ccc(N=Nc2c(SOOO)cc3c(SOOO)c(Nc4nc(Cl)nc(N(C)c5ccccc5Nc5nc(Cl)nc(Nc6ccc7c(O)c(N=Nc8ccc(OC)cc8S(=O)(=O)O)c(S(=O)(=O)O)cc7c6S(=O)(=O)O)n5)n4)ccc3c2O)c(SOOO)c1. The van der Waals surface area contributed by atoms with Gasteiger partial charge in [0, 0.05) is 34.7 Å². The van der Waals surface area contributed by atoms with Gasteiger partial charge in [0.2, 0.25) is 34.4 Å². The number of nitrogens with zero attached hydrogens (tertiary/aromatic N) is 11. The van der Waals surface area contributed by atoms with Crippen molar-refractivity contribution in [1.29, 1.82) is 0 Å². The van der Waals surface area contributed by atoms with Gasteiger partial charge >= 0.3 is 0 Å². The van der Waals surface area contributed by atoms with Crippen LogP contribution in [-0.2, 0) is 58.5 Å². The van der Waals surface area contributed by atoms with E-state index in [0.717, 1.165) is 24.3 Å². The first-order valence-electron chi connectivity index (χ1n) is 24.0. The largest absolute Gasteiger partial charge is 0.505 e. The van der Waals surface area contributed by atoms with Crippen LogP contribution >= 0.6 is 59.3 Å². The number of hydrogen-bond donors (Lipinski definition) is 11. The lowest BCUT2D eigenvalue weighted by atomic mass is 10.1. The number of ether oxygens (including phenoxy) is 2. The van der Waals surface area contributed by atoms with Crippen LogP contribution in [-0.4, -0.2) is 116 Å². The van der Waals surface area contributed by atoms with Crippen LogP contribution < -0.4 is 30.3 Å². The summed E-state index contributed by atoms with van der Waals surface area (Å²) in [6.45, 7) is 0. The lowest BCUT2D eigenvalue weighted by Gasteiger charge is -2.21. The van der Waals surface area contributed by atoms with Gasteiger partial charge < -0.3 is 40.5 Å². The maximum atomic E-state index is 13.2. The Morgan fingerprint density at radius 1 is 0.505 bits per heavy atom. The van der Waals surface area contributed by atoms with Crippen LogP contribution in [0.5, 0.6) is 23.0 Å². The molecular weight excluding hydrogens is 1380 g/mol. The highest BCUT2D eigenvalue weighted by Gasteiger charge is 2.30. The fourth-order valence-electron chi connectivity index (χ4n) is 8.19. The molecule has 2 aromatic heterocycles. The van der Waals surface area contributed by atoms with Crippen molar-refractivity contribution >= 4 is 181 Å². The highest BCUT2D eigenvalue weighted by Crippen LogP contribution is 2.50. The van der Waals surface area contributed by atoms with Crippen molar-refractivity contribution in [3.05, 3.63) is 108 Å². The summed E-state index contributed by atoms with van der Waals surface area (Å²) in [6.07, 6.45) is 0. The number of nitrogens with one attached hydrogen (secondary N) is 3. The summed E-state index contributed by atoms with van der Waals surface area (Å²) in [5, 5.41) is 84.1. The van der Waals surface area contributed by atoms with Crippen molar-refractivity contribution in [2.75, 3.05) is 42.1 Å². The third-order valence-corrected chi connectivity index (χ3v) is 17.0. The number of halogens is 2. The van der Waals surface area contributed by atoms with Crippen LogP contribution in [0.25, 0.3) is 21.5 Å². The molecule has 11 N–H and O–H groups in total. The number of hydrogen-bond acceptors (Lipinski definition) is 36. The summed E-state index contributed by atoms with van der Waals surface area (Å²) in [4.78, 5) is 23.9. The van der Waals surface area contributed by atoms with Crippen LogP contribution in [0.1, 0.15) is 0 Å². The minimum atomic E-state index is -5.48. The number of phenolic OH excluding ortho intramolecular Hbond substituents is 2. The number of benzene rings is 7. The molecule has 0 spiro atoms. The van der Waals surface area contributed by atoms with Crippen molar-refractivity contribution < 1.29 is 102 Å². The molecule has 9 rings (SSSR count). The van der Waals surface area contributed by atoms with Gasteiger partial charge in [0.15, 0.2) is 11.5 Å². The molecule has 476 valence electrons. The van der Waals surface area contributed by atoms with E-state index >= 15 is 0 Å². The van der Waals surface area contributed by atoms with Crippen molar-refractivity contribution in [2.24, 2.45) is 20.5 Å². The fraction of sp³-hybridized carbons (Fsp3) is 0.0638. The maximum Gasteiger partial charge on any atom is 0.297 e. The number of fused-ring (bicyclic) bond motifs is 2. The molecule has 44 heteroatoms. The number of para-hydroxylation sites is 2. The molecule has 0 atom stereocenters. The van der Waals surface area contributed by atoms with E-state index in [-0.39, 0.29) is 77.1 Å².